The van der Waals surface area contributed by atoms with Gasteiger partial charge in [0.05, 0.1) is 6.04 Å². The van der Waals surface area contributed by atoms with E-state index in [0.29, 0.717) is 12.3 Å². The van der Waals surface area contributed by atoms with Crippen LogP contribution in [0.15, 0.2) is 0 Å². The van der Waals surface area contributed by atoms with E-state index in [1.165, 1.54) is 0 Å². The Labute approximate surface area is 85.5 Å². The lowest BCUT2D eigenvalue weighted by Crippen LogP contribution is -2.39. The van der Waals surface area contributed by atoms with Gasteiger partial charge in [-0.3, -0.25) is 9.59 Å². The van der Waals surface area contributed by atoms with Crippen LogP contribution in [0.5, 0.6) is 0 Å². The maximum atomic E-state index is 11.7. The van der Waals surface area contributed by atoms with Crippen molar-refractivity contribution in [1.82, 2.24) is 4.90 Å². The molecule has 1 rings (SSSR count). The molecule has 0 aliphatic carbocycles. The molecule has 0 radical (unpaired) electrons. The number of carbonyl (C=O) groups excluding carboxylic acids is 2. The van der Waals surface area contributed by atoms with E-state index < -0.39 is 0 Å². The van der Waals surface area contributed by atoms with Crippen LogP contribution in [0.1, 0.15) is 40.0 Å². The summed E-state index contributed by atoms with van der Waals surface area (Å²) in [6.45, 7) is 6.38. The zero-order valence-corrected chi connectivity index (χ0v) is 9.25. The van der Waals surface area contributed by atoms with Gasteiger partial charge < -0.3 is 4.90 Å². The molecule has 3 nitrogen and oxygen atoms in total. The first-order chi connectivity index (χ1) is 6.52. The van der Waals surface area contributed by atoms with Crippen molar-refractivity contribution >= 4 is 11.7 Å². The molecule has 0 aromatic heterocycles. The molecule has 14 heavy (non-hydrogen) atoms. The smallest absolute Gasteiger partial charge is 0.223 e. The van der Waals surface area contributed by atoms with Crippen molar-refractivity contribution in [3.05, 3.63) is 0 Å². The van der Waals surface area contributed by atoms with Crippen LogP contribution in [-0.4, -0.2) is 29.2 Å². The summed E-state index contributed by atoms with van der Waals surface area (Å²) in [6, 6.07) is -0.138. The number of carbonyl (C=O) groups is 2. The van der Waals surface area contributed by atoms with E-state index in [1.807, 2.05) is 13.8 Å². The molecule has 0 saturated carbocycles. The minimum atomic E-state index is -0.138. The van der Waals surface area contributed by atoms with Crippen LogP contribution >= 0.6 is 0 Å². The molecule has 0 bridgehead atoms. The van der Waals surface area contributed by atoms with Gasteiger partial charge in [-0.05, 0) is 25.7 Å². The van der Waals surface area contributed by atoms with E-state index >= 15 is 0 Å². The second kappa shape index (κ2) is 4.58. The largest absolute Gasteiger partial charge is 0.333 e. The number of amides is 1. The lowest BCUT2D eigenvalue weighted by atomic mass is 10.1. The molecule has 1 atom stereocenters. The average molecular weight is 197 g/mol. The fourth-order valence-corrected chi connectivity index (χ4v) is 1.95. The minimum Gasteiger partial charge on any atom is -0.333 e. The van der Waals surface area contributed by atoms with Crippen LogP contribution in [-0.2, 0) is 9.59 Å². The van der Waals surface area contributed by atoms with E-state index in [9.17, 15) is 9.59 Å². The summed E-state index contributed by atoms with van der Waals surface area (Å²) in [6.07, 6.45) is 2.37. The molecule has 1 aliphatic heterocycles. The predicted molar refractivity (Wildman–Crippen MR) is 54.9 cm³/mol. The van der Waals surface area contributed by atoms with Crippen LogP contribution in [0, 0.1) is 5.92 Å². The van der Waals surface area contributed by atoms with Gasteiger partial charge in [-0.1, -0.05) is 13.8 Å². The van der Waals surface area contributed by atoms with E-state index in [1.54, 1.807) is 11.8 Å². The van der Waals surface area contributed by atoms with Crippen LogP contribution in [0.25, 0.3) is 0 Å². The van der Waals surface area contributed by atoms with Crippen molar-refractivity contribution < 1.29 is 9.59 Å². The first kappa shape index (κ1) is 11.2. The fourth-order valence-electron chi connectivity index (χ4n) is 1.95. The van der Waals surface area contributed by atoms with Crippen LogP contribution in [0.4, 0.5) is 0 Å². The molecule has 1 heterocycles. The molecule has 1 fully saturated rings. The third-order valence-electron chi connectivity index (χ3n) is 2.63. The Morgan fingerprint density at radius 3 is 2.57 bits per heavy atom. The number of Topliss-reactive ketones (excluding diaryl/α,β-unsaturated/α-hetero) is 1. The fraction of sp³-hybridized carbons (Fsp3) is 0.818. The highest BCUT2D eigenvalue weighted by Crippen LogP contribution is 2.20. The summed E-state index contributed by atoms with van der Waals surface area (Å²) < 4.78 is 0. The first-order valence-corrected chi connectivity index (χ1v) is 5.32. The molecule has 1 saturated heterocycles. The Balaban J connectivity index is 2.58. The van der Waals surface area contributed by atoms with E-state index in [-0.39, 0.29) is 17.7 Å². The summed E-state index contributed by atoms with van der Waals surface area (Å²) in [4.78, 5) is 24.7. The van der Waals surface area contributed by atoms with E-state index in [2.05, 4.69) is 0 Å². The van der Waals surface area contributed by atoms with Crippen molar-refractivity contribution in [2.75, 3.05) is 6.54 Å². The molecule has 3 heteroatoms. The predicted octanol–water partition coefficient (Wildman–Crippen LogP) is 1.61. The zero-order chi connectivity index (χ0) is 10.7. The highest BCUT2D eigenvalue weighted by molar-refractivity contribution is 5.88. The number of nitrogens with zero attached hydrogens (tertiary/aromatic N) is 1. The zero-order valence-electron chi connectivity index (χ0n) is 9.25. The Bertz CT molecular complexity index is 235. The maximum absolute atomic E-state index is 11.7. The summed E-state index contributed by atoms with van der Waals surface area (Å²) in [7, 11) is 0. The normalized spacial score (nSPS) is 21.7. The van der Waals surface area contributed by atoms with Gasteiger partial charge in [0.1, 0.15) is 0 Å². The van der Waals surface area contributed by atoms with Gasteiger partial charge in [-0.2, -0.15) is 0 Å². The van der Waals surface area contributed by atoms with Gasteiger partial charge >= 0.3 is 0 Å². The van der Waals surface area contributed by atoms with Crippen LogP contribution < -0.4 is 0 Å². The van der Waals surface area contributed by atoms with E-state index in [4.69, 9.17) is 0 Å². The molecular formula is C11H19NO2. The van der Waals surface area contributed by atoms with Crippen molar-refractivity contribution in [3.63, 3.8) is 0 Å². The lowest BCUT2D eigenvalue weighted by Gasteiger charge is -2.23. The molecule has 1 aliphatic rings. The van der Waals surface area contributed by atoms with Crippen molar-refractivity contribution in [2.45, 2.75) is 46.1 Å². The summed E-state index contributed by atoms with van der Waals surface area (Å²) >= 11 is 0. The maximum Gasteiger partial charge on any atom is 0.223 e. The average Bonchev–Trinajstić information content (AvgIpc) is 2.49. The Kier molecular flexibility index (Phi) is 3.67. The second-order valence-corrected chi connectivity index (χ2v) is 4.45. The van der Waals surface area contributed by atoms with Crippen molar-refractivity contribution in [2.24, 2.45) is 5.92 Å². The molecule has 0 spiro atoms. The van der Waals surface area contributed by atoms with Gasteiger partial charge in [-0.25, -0.2) is 0 Å². The summed E-state index contributed by atoms with van der Waals surface area (Å²) in [5.74, 6) is 0.632. The third-order valence-corrected chi connectivity index (χ3v) is 2.63. The number of hydrogen-bond donors (Lipinski definition) is 0. The quantitative estimate of drug-likeness (QED) is 0.689. The van der Waals surface area contributed by atoms with Gasteiger partial charge in [0, 0.05) is 13.0 Å². The SMILES string of the molecule is CC(=O)[C@H]1CCCN1C(=O)CC(C)C. The monoisotopic (exact) mass is 197 g/mol. The molecule has 1 amide bonds. The molecule has 80 valence electrons. The molecule has 0 unspecified atom stereocenters. The number of ketones is 1. The highest BCUT2D eigenvalue weighted by atomic mass is 16.2. The lowest BCUT2D eigenvalue weighted by molar-refractivity contribution is -0.137. The van der Waals surface area contributed by atoms with Crippen LogP contribution in [0.3, 0.4) is 0 Å². The van der Waals surface area contributed by atoms with Gasteiger partial charge in [0.25, 0.3) is 0 Å². The van der Waals surface area contributed by atoms with E-state index in [0.717, 1.165) is 19.4 Å². The van der Waals surface area contributed by atoms with Gasteiger partial charge in [-0.15, -0.1) is 0 Å². The van der Waals surface area contributed by atoms with Gasteiger partial charge in [0.15, 0.2) is 5.78 Å². The summed E-state index contributed by atoms with van der Waals surface area (Å²) in [5, 5.41) is 0. The Morgan fingerprint density at radius 2 is 2.07 bits per heavy atom. The standard InChI is InChI=1S/C11H19NO2/c1-8(2)7-11(14)12-6-4-5-10(12)9(3)13/h8,10H,4-7H2,1-3H3/t10-/m1/s1. The van der Waals surface area contributed by atoms with Gasteiger partial charge in [0.2, 0.25) is 5.91 Å². The Hall–Kier alpha value is -0.860. The first-order valence-electron chi connectivity index (χ1n) is 5.32. The number of hydrogen-bond acceptors (Lipinski definition) is 2. The molecule has 0 aromatic rings. The summed E-state index contributed by atoms with van der Waals surface area (Å²) in [5.41, 5.74) is 0. The van der Waals surface area contributed by atoms with Crippen LogP contribution in [0.2, 0.25) is 0 Å². The number of likely N-dealkylation sites (tertiary alicyclic amines) is 1. The molecule has 0 N–H and O–H groups in total. The molecular weight excluding hydrogens is 178 g/mol. The minimum absolute atomic E-state index is 0.125. The topological polar surface area (TPSA) is 37.4 Å². The molecule has 0 aromatic carbocycles. The highest BCUT2D eigenvalue weighted by Gasteiger charge is 2.31. The van der Waals surface area contributed by atoms with Crippen molar-refractivity contribution in [1.29, 1.82) is 0 Å². The van der Waals surface area contributed by atoms with Crippen molar-refractivity contribution in [3.8, 4) is 0 Å². The second-order valence-electron chi connectivity index (χ2n) is 4.45. The number of rotatable bonds is 3. The third kappa shape index (κ3) is 2.56. The Morgan fingerprint density at radius 1 is 1.43 bits per heavy atom.